The van der Waals surface area contributed by atoms with E-state index in [0.717, 1.165) is 19.3 Å². The first-order chi connectivity index (χ1) is 11.0. The van der Waals surface area contributed by atoms with Crippen molar-refractivity contribution < 1.29 is 9.59 Å². The minimum absolute atomic E-state index is 0.00860. The Hall–Kier alpha value is -2.37. The first-order valence-electron chi connectivity index (χ1n) is 8.10. The number of imidazole rings is 1. The average molecular weight is 316 g/mol. The topological polar surface area (TPSA) is 75.5 Å². The van der Waals surface area contributed by atoms with Crippen LogP contribution in [0.15, 0.2) is 24.4 Å². The maximum atomic E-state index is 12.4. The van der Waals surface area contributed by atoms with Gasteiger partial charge in [0.1, 0.15) is 0 Å². The second kappa shape index (κ2) is 7.76. The zero-order valence-electron chi connectivity index (χ0n) is 13.9. The van der Waals surface area contributed by atoms with Gasteiger partial charge in [-0.1, -0.05) is 25.8 Å². The van der Waals surface area contributed by atoms with E-state index in [1.54, 1.807) is 16.7 Å². The van der Waals surface area contributed by atoms with E-state index in [1.165, 1.54) is 0 Å². The number of rotatable bonds is 7. The summed E-state index contributed by atoms with van der Waals surface area (Å²) in [5, 5.41) is 5.68. The Morgan fingerprint density at radius 2 is 2.00 bits per heavy atom. The van der Waals surface area contributed by atoms with Crippen LogP contribution in [0.2, 0.25) is 0 Å². The lowest BCUT2D eigenvalue weighted by molar-refractivity contribution is 0.0940. The van der Waals surface area contributed by atoms with E-state index >= 15 is 0 Å². The Labute approximate surface area is 136 Å². The number of nitrogens with zero attached hydrogens (tertiary/aromatic N) is 2. The maximum Gasteiger partial charge on any atom is 0.287 e. The molecule has 2 rings (SSSR count). The third-order valence-corrected chi connectivity index (χ3v) is 3.45. The SMILES string of the molecule is CCCCCNC(=O)c1nc(C(=O)NC(C)C)c2ccccn12. The number of pyridine rings is 1. The highest BCUT2D eigenvalue weighted by atomic mass is 16.2. The smallest absolute Gasteiger partial charge is 0.287 e. The molecular formula is C17H24N4O2. The normalized spacial score (nSPS) is 11.0. The molecular weight excluding hydrogens is 292 g/mol. The summed E-state index contributed by atoms with van der Waals surface area (Å²) in [6.07, 6.45) is 4.86. The lowest BCUT2D eigenvalue weighted by Crippen LogP contribution is -2.30. The number of carbonyl (C=O) groups is 2. The van der Waals surface area contributed by atoms with Crippen LogP contribution in [0, 0.1) is 0 Å². The molecule has 6 heteroatoms. The molecule has 2 aromatic rings. The van der Waals surface area contributed by atoms with Crippen molar-refractivity contribution in [3.05, 3.63) is 35.9 Å². The van der Waals surface area contributed by atoms with Crippen LogP contribution in [0.5, 0.6) is 0 Å². The van der Waals surface area contributed by atoms with Crippen molar-refractivity contribution in [2.24, 2.45) is 0 Å². The third-order valence-electron chi connectivity index (χ3n) is 3.45. The maximum absolute atomic E-state index is 12.4. The second-order valence-corrected chi connectivity index (χ2v) is 5.83. The Bertz CT molecular complexity index is 691. The van der Waals surface area contributed by atoms with Gasteiger partial charge in [-0.05, 0) is 32.4 Å². The fourth-order valence-electron chi connectivity index (χ4n) is 2.35. The van der Waals surface area contributed by atoms with E-state index in [4.69, 9.17) is 0 Å². The van der Waals surface area contributed by atoms with Crippen LogP contribution in [-0.2, 0) is 0 Å². The number of hydrogen-bond donors (Lipinski definition) is 2. The molecule has 0 saturated carbocycles. The number of hydrogen-bond acceptors (Lipinski definition) is 3. The molecule has 0 unspecified atom stereocenters. The van der Waals surface area contributed by atoms with Gasteiger partial charge in [0.15, 0.2) is 5.69 Å². The number of amides is 2. The van der Waals surface area contributed by atoms with Crippen LogP contribution < -0.4 is 10.6 Å². The van der Waals surface area contributed by atoms with Crippen molar-refractivity contribution in [1.29, 1.82) is 0 Å². The number of aromatic nitrogens is 2. The summed E-state index contributed by atoms with van der Waals surface area (Å²) >= 11 is 0. The quantitative estimate of drug-likeness (QED) is 0.770. The van der Waals surface area contributed by atoms with Crippen LogP contribution in [0.3, 0.4) is 0 Å². The van der Waals surface area contributed by atoms with Crippen molar-refractivity contribution in [1.82, 2.24) is 20.0 Å². The number of unbranched alkanes of at least 4 members (excludes halogenated alkanes) is 2. The fourth-order valence-corrected chi connectivity index (χ4v) is 2.35. The summed E-state index contributed by atoms with van der Waals surface area (Å²) in [4.78, 5) is 28.9. The van der Waals surface area contributed by atoms with Crippen LogP contribution in [0.4, 0.5) is 0 Å². The van der Waals surface area contributed by atoms with Gasteiger partial charge in [-0.3, -0.25) is 14.0 Å². The van der Waals surface area contributed by atoms with Gasteiger partial charge in [0.2, 0.25) is 5.82 Å². The van der Waals surface area contributed by atoms with E-state index in [2.05, 4.69) is 22.5 Å². The molecule has 2 heterocycles. The van der Waals surface area contributed by atoms with Gasteiger partial charge in [0.05, 0.1) is 5.52 Å². The predicted octanol–water partition coefficient (Wildman–Crippen LogP) is 2.39. The van der Waals surface area contributed by atoms with Crippen LogP contribution in [-0.4, -0.2) is 33.8 Å². The van der Waals surface area contributed by atoms with Gasteiger partial charge in [0.25, 0.3) is 11.8 Å². The van der Waals surface area contributed by atoms with Crippen molar-refractivity contribution in [2.75, 3.05) is 6.54 Å². The molecule has 0 atom stereocenters. The fraction of sp³-hybridized carbons (Fsp3) is 0.471. The summed E-state index contributed by atoms with van der Waals surface area (Å²) in [7, 11) is 0. The third kappa shape index (κ3) is 4.09. The highest BCUT2D eigenvalue weighted by Gasteiger charge is 2.21. The highest BCUT2D eigenvalue weighted by molar-refractivity contribution is 6.02. The van der Waals surface area contributed by atoms with Gasteiger partial charge in [-0.2, -0.15) is 0 Å². The summed E-state index contributed by atoms with van der Waals surface area (Å²) in [6.45, 7) is 6.50. The second-order valence-electron chi connectivity index (χ2n) is 5.83. The van der Waals surface area contributed by atoms with Gasteiger partial charge < -0.3 is 10.6 Å². The van der Waals surface area contributed by atoms with Crippen LogP contribution >= 0.6 is 0 Å². The molecule has 0 radical (unpaired) electrons. The number of nitrogens with one attached hydrogen (secondary N) is 2. The molecule has 2 N–H and O–H groups in total. The molecule has 0 aliphatic heterocycles. The Morgan fingerprint density at radius 3 is 2.70 bits per heavy atom. The molecule has 0 saturated heterocycles. The molecule has 2 amide bonds. The van der Waals surface area contributed by atoms with Crippen LogP contribution in [0.25, 0.3) is 5.52 Å². The Kier molecular flexibility index (Phi) is 5.73. The first kappa shape index (κ1) is 17.0. The first-order valence-corrected chi connectivity index (χ1v) is 8.10. The Morgan fingerprint density at radius 1 is 1.22 bits per heavy atom. The lowest BCUT2D eigenvalue weighted by Gasteiger charge is -2.06. The van der Waals surface area contributed by atoms with Crippen molar-refractivity contribution in [3.8, 4) is 0 Å². The molecule has 0 bridgehead atoms. The molecule has 0 spiro atoms. The van der Waals surface area contributed by atoms with Gasteiger partial charge in [-0.25, -0.2) is 4.98 Å². The summed E-state index contributed by atoms with van der Waals surface area (Å²) in [5.41, 5.74) is 0.905. The van der Waals surface area contributed by atoms with Crippen molar-refractivity contribution in [2.45, 2.75) is 46.1 Å². The molecule has 0 fully saturated rings. The minimum atomic E-state index is -0.270. The van der Waals surface area contributed by atoms with Gasteiger partial charge >= 0.3 is 0 Å². The van der Waals surface area contributed by atoms with E-state index in [-0.39, 0.29) is 29.4 Å². The predicted molar refractivity (Wildman–Crippen MR) is 89.7 cm³/mol. The van der Waals surface area contributed by atoms with Crippen molar-refractivity contribution >= 4 is 17.3 Å². The zero-order chi connectivity index (χ0) is 16.8. The number of fused-ring (bicyclic) bond motifs is 1. The zero-order valence-corrected chi connectivity index (χ0v) is 13.9. The molecule has 2 aromatic heterocycles. The number of carbonyl (C=O) groups excluding carboxylic acids is 2. The standard InChI is InChI=1S/C17H24N4O2/c1-4-5-7-10-18-17(23)15-20-14(16(22)19-12(2)3)13-9-6-8-11-21(13)15/h6,8-9,11-12H,4-5,7,10H2,1-3H3,(H,18,23)(H,19,22). The summed E-state index contributed by atoms with van der Waals surface area (Å²) < 4.78 is 1.66. The summed E-state index contributed by atoms with van der Waals surface area (Å²) in [6, 6.07) is 5.43. The highest BCUT2D eigenvalue weighted by Crippen LogP contribution is 2.13. The van der Waals surface area contributed by atoms with Gasteiger partial charge in [0, 0.05) is 18.8 Å². The van der Waals surface area contributed by atoms with Crippen molar-refractivity contribution in [3.63, 3.8) is 0 Å². The molecule has 0 aliphatic rings. The van der Waals surface area contributed by atoms with E-state index < -0.39 is 0 Å². The molecule has 6 nitrogen and oxygen atoms in total. The molecule has 23 heavy (non-hydrogen) atoms. The largest absolute Gasteiger partial charge is 0.349 e. The minimum Gasteiger partial charge on any atom is -0.349 e. The molecule has 124 valence electrons. The van der Waals surface area contributed by atoms with E-state index in [1.807, 2.05) is 26.0 Å². The van der Waals surface area contributed by atoms with Crippen LogP contribution in [0.1, 0.15) is 61.1 Å². The average Bonchev–Trinajstić information content (AvgIpc) is 2.90. The molecule has 0 aromatic carbocycles. The lowest BCUT2D eigenvalue weighted by atomic mass is 10.2. The van der Waals surface area contributed by atoms with Gasteiger partial charge in [-0.15, -0.1) is 0 Å². The summed E-state index contributed by atoms with van der Waals surface area (Å²) in [5.74, 6) is -0.286. The Balaban J connectivity index is 2.26. The van der Waals surface area contributed by atoms with E-state index in [0.29, 0.717) is 12.1 Å². The monoisotopic (exact) mass is 316 g/mol. The van der Waals surface area contributed by atoms with E-state index in [9.17, 15) is 9.59 Å². The molecule has 0 aliphatic carbocycles.